The Kier molecular flexibility index (Phi) is 5.19. The zero-order valence-corrected chi connectivity index (χ0v) is 12.6. The minimum Gasteiger partial charge on any atom is -0.477 e. The molecule has 114 valence electrons. The number of carbonyl (C=O) groups excluding carboxylic acids is 1. The smallest absolute Gasteiger partial charge is 0.354 e. The van der Waals surface area contributed by atoms with Crippen molar-refractivity contribution in [1.82, 2.24) is 10.3 Å². The largest absolute Gasteiger partial charge is 0.477 e. The van der Waals surface area contributed by atoms with Crippen LogP contribution in [0.4, 0.5) is 0 Å². The summed E-state index contributed by atoms with van der Waals surface area (Å²) in [5, 5.41) is 11.7. The van der Waals surface area contributed by atoms with E-state index in [0.29, 0.717) is 19.8 Å². The zero-order chi connectivity index (χ0) is 15.3. The Balaban J connectivity index is 2.01. The lowest BCUT2D eigenvalue weighted by Crippen LogP contribution is -2.44. The van der Waals surface area contributed by atoms with E-state index in [-0.39, 0.29) is 22.0 Å². The van der Waals surface area contributed by atoms with Crippen molar-refractivity contribution in [2.75, 3.05) is 26.0 Å². The van der Waals surface area contributed by atoms with Gasteiger partial charge in [-0.15, -0.1) is 0 Å². The summed E-state index contributed by atoms with van der Waals surface area (Å²) in [4.78, 5) is 26.8. The van der Waals surface area contributed by atoms with Gasteiger partial charge in [0.2, 0.25) is 0 Å². The molecule has 1 fully saturated rings. The molecule has 0 unspecified atom stereocenters. The highest BCUT2D eigenvalue weighted by molar-refractivity contribution is 8.00. The molecule has 0 saturated carbocycles. The van der Waals surface area contributed by atoms with Gasteiger partial charge in [0.15, 0.2) is 0 Å². The Morgan fingerprint density at radius 3 is 2.67 bits per heavy atom. The van der Waals surface area contributed by atoms with Crippen molar-refractivity contribution >= 4 is 23.6 Å². The number of ether oxygens (including phenoxy) is 1. The van der Waals surface area contributed by atoms with Crippen LogP contribution < -0.4 is 5.32 Å². The van der Waals surface area contributed by atoms with Crippen LogP contribution in [0.15, 0.2) is 18.2 Å². The van der Waals surface area contributed by atoms with Crippen LogP contribution in [0.3, 0.4) is 0 Å². The molecule has 1 aromatic rings. The molecule has 1 saturated heterocycles. The lowest BCUT2D eigenvalue weighted by molar-refractivity contribution is 0.0689. The highest BCUT2D eigenvalue weighted by Gasteiger charge is 2.32. The van der Waals surface area contributed by atoms with E-state index >= 15 is 0 Å². The third kappa shape index (κ3) is 3.95. The average molecular weight is 310 g/mol. The number of carboxylic acid groups (broad SMARTS) is 1. The molecule has 0 aromatic carbocycles. The van der Waals surface area contributed by atoms with Crippen molar-refractivity contribution in [2.45, 2.75) is 17.6 Å². The number of thioether (sulfide) groups is 1. The standard InChI is InChI=1S/C14H18N2O4S/c1-21-14(5-7-20-8-6-14)9-15-12(17)10-3-2-4-11(16-10)13(18)19/h2-4H,5-9H2,1H3,(H,15,17)(H,18,19). The number of rotatable bonds is 5. The zero-order valence-electron chi connectivity index (χ0n) is 11.8. The highest BCUT2D eigenvalue weighted by atomic mass is 32.2. The first kappa shape index (κ1) is 15.8. The minimum absolute atomic E-state index is 0.0156. The fourth-order valence-corrected chi connectivity index (χ4v) is 3.00. The number of nitrogens with one attached hydrogen (secondary N) is 1. The predicted molar refractivity (Wildman–Crippen MR) is 79.8 cm³/mol. The Morgan fingerprint density at radius 1 is 1.38 bits per heavy atom. The lowest BCUT2D eigenvalue weighted by Gasteiger charge is -2.35. The number of amides is 1. The Hall–Kier alpha value is -1.60. The Bertz CT molecular complexity index is 529. The lowest BCUT2D eigenvalue weighted by atomic mass is 9.99. The summed E-state index contributed by atoms with van der Waals surface area (Å²) in [5.74, 6) is -1.49. The Morgan fingerprint density at radius 2 is 2.05 bits per heavy atom. The SMILES string of the molecule is CSC1(CNC(=O)c2cccc(C(=O)O)n2)CCOCC1. The van der Waals surface area contributed by atoms with Crippen LogP contribution in [-0.4, -0.2) is 52.7 Å². The summed E-state index contributed by atoms with van der Waals surface area (Å²) in [7, 11) is 0. The number of aromatic nitrogens is 1. The molecular formula is C14H18N2O4S. The molecule has 0 aliphatic carbocycles. The summed E-state index contributed by atoms with van der Waals surface area (Å²) >= 11 is 1.73. The summed E-state index contributed by atoms with van der Waals surface area (Å²) in [5.41, 5.74) is -0.00786. The van der Waals surface area contributed by atoms with Crippen LogP contribution in [0.2, 0.25) is 0 Å². The van der Waals surface area contributed by atoms with E-state index in [9.17, 15) is 9.59 Å². The summed E-state index contributed by atoms with van der Waals surface area (Å²) in [6.45, 7) is 1.92. The molecule has 6 nitrogen and oxygen atoms in total. The van der Waals surface area contributed by atoms with Gasteiger partial charge in [0.25, 0.3) is 5.91 Å². The number of aromatic carboxylic acids is 1. The van der Waals surface area contributed by atoms with Gasteiger partial charge in [0.1, 0.15) is 11.4 Å². The van der Waals surface area contributed by atoms with E-state index in [0.717, 1.165) is 12.8 Å². The second-order valence-corrected chi connectivity index (χ2v) is 6.17. The molecule has 2 heterocycles. The van der Waals surface area contributed by atoms with Crippen molar-refractivity contribution in [3.05, 3.63) is 29.6 Å². The van der Waals surface area contributed by atoms with Gasteiger partial charge in [-0.25, -0.2) is 9.78 Å². The van der Waals surface area contributed by atoms with E-state index in [1.54, 1.807) is 11.8 Å². The summed E-state index contributed by atoms with van der Waals surface area (Å²) in [6.07, 6.45) is 3.80. The first-order valence-corrected chi connectivity index (χ1v) is 7.90. The molecule has 2 rings (SSSR count). The fourth-order valence-electron chi connectivity index (χ4n) is 2.21. The molecule has 0 spiro atoms. The second-order valence-electron chi connectivity index (χ2n) is 4.90. The van der Waals surface area contributed by atoms with Crippen LogP contribution in [0.5, 0.6) is 0 Å². The highest BCUT2D eigenvalue weighted by Crippen LogP contribution is 2.33. The monoisotopic (exact) mass is 310 g/mol. The first-order chi connectivity index (χ1) is 10.1. The van der Waals surface area contributed by atoms with E-state index in [2.05, 4.69) is 10.3 Å². The van der Waals surface area contributed by atoms with Crippen molar-refractivity contribution in [3.8, 4) is 0 Å². The van der Waals surface area contributed by atoms with Crippen molar-refractivity contribution in [1.29, 1.82) is 0 Å². The third-order valence-electron chi connectivity index (χ3n) is 3.61. The second kappa shape index (κ2) is 6.91. The average Bonchev–Trinajstić information content (AvgIpc) is 2.53. The maximum atomic E-state index is 12.1. The number of carbonyl (C=O) groups is 2. The molecule has 1 aromatic heterocycles. The van der Waals surface area contributed by atoms with Gasteiger partial charge in [0, 0.05) is 24.5 Å². The molecule has 2 N–H and O–H groups in total. The van der Waals surface area contributed by atoms with Gasteiger partial charge in [0.05, 0.1) is 0 Å². The van der Waals surface area contributed by atoms with Gasteiger partial charge in [-0.2, -0.15) is 11.8 Å². The normalized spacial score (nSPS) is 17.2. The van der Waals surface area contributed by atoms with Crippen LogP contribution in [0, 0.1) is 0 Å². The van der Waals surface area contributed by atoms with E-state index in [1.165, 1.54) is 18.2 Å². The van der Waals surface area contributed by atoms with Crippen LogP contribution in [0.25, 0.3) is 0 Å². The fraction of sp³-hybridized carbons (Fsp3) is 0.500. The van der Waals surface area contributed by atoms with Crippen molar-refractivity contribution < 1.29 is 19.4 Å². The molecule has 1 amide bonds. The Labute approximate surface area is 127 Å². The number of nitrogens with zero attached hydrogens (tertiary/aromatic N) is 1. The van der Waals surface area contributed by atoms with E-state index in [1.807, 2.05) is 6.26 Å². The van der Waals surface area contributed by atoms with E-state index < -0.39 is 5.97 Å². The summed E-state index contributed by atoms with van der Waals surface area (Å²) in [6, 6.07) is 4.39. The van der Waals surface area contributed by atoms with E-state index in [4.69, 9.17) is 9.84 Å². The van der Waals surface area contributed by atoms with Crippen molar-refractivity contribution in [3.63, 3.8) is 0 Å². The molecule has 21 heavy (non-hydrogen) atoms. The molecule has 7 heteroatoms. The molecule has 0 bridgehead atoms. The minimum atomic E-state index is -1.14. The number of pyridine rings is 1. The van der Waals surface area contributed by atoms with Crippen molar-refractivity contribution in [2.24, 2.45) is 0 Å². The summed E-state index contributed by atoms with van der Waals surface area (Å²) < 4.78 is 5.34. The number of carboxylic acids is 1. The first-order valence-electron chi connectivity index (χ1n) is 6.68. The number of hydrogen-bond acceptors (Lipinski definition) is 5. The molecular weight excluding hydrogens is 292 g/mol. The molecule has 0 atom stereocenters. The number of hydrogen-bond donors (Lipinski definition) is 2. The molecule has 1 aliphatic rings. The van der Waals surface area contributed by atoms with Crippen LogP contribution in [-0.2, 0) is 4.74 Å². The topological polar surface area (TPSA) is 88.5 Å². The quantitative estimate of drug-likeness (QED) is 0.855. The van der Waals surface area contributed by atoms with Crippen LogP contribution >= 0.6 is 11.8 Å². The third-order valence-corrected chi connectivity index (χ3v) is 5.03. The van der Waals surface area contributed by atoms with Crippen LogP contribution in [0.1, 0.15) is 33.8 Å². The molecule has 0 radical (unpaired) electrons. The van der Waals surface area contributed by atoms with Gasteiger partial charge in [-0.1, -0.05) is 6.07 Å². The van der Waals surface area contributed by atoms with Gasteiger partial charge >= 0.3 is 5.97 Å². The van der Waals surface area contributed by atoms with Gasteiger partial charge in [-0.3, -0.25) is 4.79 Å². The van der Waals surface area contributed by atoms with Gasteiger partial charge < -0.3 is 15.2 Å². The predicted octanol–water partition coefficient (Wildman–Crippen LogP) is 1.42. The van der Waals surface area contributed by atoms with Gasteiger partial charge in [-0.05, 0) is 31.2 Å². The molecule has 1 aliphatic heterocycles. The maximum absolute atomic E-state index is 12.1. The maximum Gasteiger partial charge on any atom is 0.354 e.